The zero-order valence-electron chi connectivity index (χ0n) is 19.7. The SMILES string of the molecule is CCOC(=O)C1=C(C)N=c2s/c(=C/c3ccc(N4CCCC4)cc3)c(=O)n2[C@H]1c1ccc(F)cc1. The second-order valence-corrected chi connectivity index (χ2v) is 9.65. The standard InChI is InChI=1S/C27H26FN3O3S/c1-3-34-26(33)23-17(2)29-27-31(24(23)19-8-10-20(28)11-9-19)25(32)22(35-27)16-18-6-12-21(13-7-18)30-14-4-5-15-30/h6-13,16,24H,3-5,14-15H2,1-2H3/b22-16+/t24-/m0/s1. The van der Waals surface area contributed by atoms with Crippen LogP contribution < -0.4 is 19.8 Å². The minimum atomic E-state index is -0.745. The Kier molecular flexibility index (Phi) is 6.38. The number of allylic oxidation sites excluding steroid dienone is 1. The second kappa shape index (κ2) is 9.62. The number of carbonyl (C=O) groups excluding carboxylic acids is 1. The van der Waals surface area contributed by atoms with E-state index in [0.29, 0.717) is 20.6 Å². The molecule has 8 heteroatoms. The molecule has 0 saturated carbocycles. The highest BCUT2D eigenvalue weighted by molar-refractivity contribution is 7.07. The van der Waals surface area contributed by atoms with Crippen LogP contribution in [0.1, 0.15) is 43.9 Å². The van der Waals surface area contributed by atoms with Gasteiger partial charge in [-0.3, -0.25) is 9.36 Å². The van der Waals surface area contributed by atoms with Gasteiger partial charge in [-0.05, 0) is 68.2 Å². The molecule has 0 unspecified atom stereocenters. The third kappa shape index (κ3) is 4.46. The van der Waals surface area contributed by atoms with Crippen molar-refractivity contribution in [2.45, 2.75) is 32.7 Å². The molecule has 0 N–H and O–H groups in total. The molecular weight excluding hydrogens is 465 g/mol. The predicted molar refractivity (Wildman–Crippen MR) is 135 cm³/mol. The molecular formula is C27H26FN3O3S. The maximum Gasteiger partial charge on any atom is 0.338 e. The quantitative estimate of drug-likeness (QED) is 0.513. The van der Waals surface area contributed by atoms with E-state index < -0.39 is 17.8 Å². The Morgan fingerprint density at radius 3 is 2.49 bits per heavy atom. The molecule has 35 heavy (non-hydrogen) atoms. The number of carbonyl (C=O) groups is 1. The van der Waals surface area contributed by atoms with Crippen LogP contribution in [-0.2, 0) is 9.53 Å². The maximum atomic E-state index is 13.7. The minimum Gasteiger partial charge on any atom is -0.463 e. The highest BCUT2D eigenvalue weighted by Crippen LogP contribution is 2.30. The monoisotopic (exact) mass is 491 g/mol. The summed E-state index contributed by atoms with van der Waals surface area (Å²) in [5.41, 5.74) is 3.24. The number of halogens is 1. The van der Waals surface area contributed by atoms with Crippen molar-refractivity contribution in [3.8, 4) is 0 Å². The molecule has 6 nitrogen and oxygen atoms in total. The summed E-state index contributed by atoms with van der Waals surface area (Å²) in [5, 5.41) is 0. The molecule has 3 aromatic rings. The lowest BCUT2D eigenvalue weighted by molar-refractivity contribution is -0.139. The third-order valence-corrected chi connectivity index (χ3v) is 7.35. The zero-order chi connectivity index (χ0) is 24.5. The molecule has 1 atom stereocenters. The number of fused-ring (bicyclic) bond motifs is 1. The number of ether oxygens (including phenoxy) is 1. The number of rotatable bonds is 5. The second-order valence-electron chi connectivity index (χ2n) is 8.64. The van der Waals surface area contributed by atoms with Crippen LogP contribution in [0.3, 0.4) is 0 Å². The van der Waals surface area contributed by atoms with Crippen molar-refractivity contribution in [2.24, 2.45) is 4.99 Å². The van der Waals surface area contributed by atoms with Crippen LogP contribution in [0, 0.1) is 5.82 Å². The van der Waals surface area contributed by atoms with E-state index in [4.69, 9.17) is 4.74 Å². The number of benzene rings is 2. The van der Waals surface area contributed by atoms with Gasteiger partial charge in [-0.25, -0.2) is 14.2 Å². The average molecular weight is 492 g/mol. The maximum absolute atomic E-state index is 13.7. The summed E-state index contributed by atoms with van der Waals surface area (Å²) in [4.78, 5) is 33.9. The molecule has 3 heterocycles. The Bertz CT molecular complexity index is 1460. The first-order valence-electron chi connectivity index (χ1n) is 11.8. The van der Waals surface area contributed by atoms with Gasteiger partial charge < -0.3 is 9.64 Å². The molecule has 1 aromatic heterocycles. The molecule has 1 saturated heterocycles. The van der Waals surface area contributed by atoms with Gasteiger partial charge >= 0.3 is 5.97 Å². The Balaban J connectivity index is 1.60. The molecule has 0 radical (unpaired) electrons. The van der Waals surface area contributed by atoms with E-state index >= 15 is 0 Å². The van der Waals surface area contributed by atoms with Crippen molar-refractivity contribution in [1.29, 1.82) is 0 Å². The number of nitrogens with zero attached hydrogens (tertiary/aromatic N) is 3. The van der Waals surface area contributed by atoms with Crippen LogP contribution in [0.4, 0.5) is 10.1 Å². The molecule has 0 amide bonds. The topological polar surface area (TPSA) is 63.9 Å². The van der Waals surface area contributed by atoms with Crippen molar-refractivity contribution in [2.75, 3.05) is 24.6 Å². The van der Waals surface area contributed by atoms with Gasteiger partial charge in [0.15, 0.2) is 4.80 Å². The van der Waals surface area contributed by atoms with Gasteiger partial charge in [-0.15, -0.1) is 0 Å². The van der Waals surface area contributed by atoms with Crippen LogP contribution >= 0.6 is 11.3 Å². The van der Waals surface area contributed by atoms with E-state index in [1.54, 1.807) is 26.0 Å². The summed E-state index contributed by atoms with van der Waals surface area (Å²) in [6.07, 6.45) is 4.28. The van der Waals surface area contributed by atoms with Crippen molar-refractivity contribution in [3.05, 3.63) is 96.4 Å². The van der Waals surface area contributed by atoms with Gasteiger partial charge in [0.1, 0.15) is 5.82 Å². The highest BCUT2D eigenvalue weighted by atomic mass is 32.1. The number of hydrogen-bond donors (Lipinski definition) is 0. The van der Waals surface area contributed by atoms with Crippen molar-refractivity contribution < 1.29 is 13.9 Å². The fourth-order valence-corrected chi connectivity index (χ4v) is 5.71. The van der Waals surface area contributed by atoms with E-state index in [2.05, 4.69) is 22.0 Å². The van der Waals surface area contributed by atoms with Gasteiger partial charge in [0.05, 0.1) is 28.5 Å². The first-order valence-corrected chi connectivity index (χ1v) is 12.6. The third-order valence-electron chi connectivity index (χ3n) is 6.36. The molecule has 2 aliphatic rings. The number of esters is 1. The average Bonchev–Trinajstić information content (AvgIpc) is 3.48. The molecule has 1 fully saturated rings. The minimum absolute atomic E-state index is 0.198. The smallest absolute Gasteiger partial charge is 0.338 e. The summed E-state index contributed by atoms with van der Waals surface area (Å²) in [5.74, 6) is -0.924. The summed E-state index contributed by atoms with van der Waals surface area (Å²) >= 11 is 1.28. The molecule has 5 rings (SSSR count). The normalized spacial score (nSPS) is 18.0. The molecule has 0 spiro atoms. The van der Waals surface area contributed by atoms with Gasteiger partial charge in [0, 0.05) is 18.8 Å². The Morgan fingerprint density at radius 2 is 1.83 bits per heavy atom. The predicted octanol–water partition coefficient (Wildman–Crippen LogP) is 3.54. The summed E-state index contributed by atoms with van der Waals surface area (Å²) < 4.78 is 21.0. The van der Waals surface area contributed by atoms with Crippen LogP contribution in [0.5, 0.6) is 0 Å². The number of hydrogen-bond acceptors (Lipinski definition) is 6. The Labute approximate surface area is 206 Å². The van der Waals surface area contributed by atoms with Crippen LogP contribution in [0.25, 0.3) is 6.08 Å². The van der Waals surface area contributed by atoms with Crippen LogP contribution in [0.2, 0.25) is 0 Å². The van der Waals surface area contributed by atoms with Crippen molar-refractivity contribution in [3.63, 3.8) is 0 Å². The Morgan fingerprint density at radius 1 is 1.14 bits per heavy atom. The van der Waals surface area contributed by atoms with E-state index in [0.717, 1.165) is 18.7 Å². The molecule has 2 aromatic carbocycles. The lowest BCUT2D eigenvalue weighted by Gasteiger charge is -2.24. The molecule has 0 aliphatic carbocycles. The summed E-state index contributed by atoms with van der Waals surface area (Å²) in [6, 6.07) is 13.3. The van der Waals surface area contributed by atoms with Crippen LogP contribution in [-0.4, -0.2) is 30.2 Å². The van der Waals surface area contributed by atoms with Crippen molar-refractivity contribution >= 4 is 29.1 Å². The number of thiazole rings is 1. The van der Waals surface area contributed by atoms with Crippen molar-refractivity contribution in [1.82, 2.24) is 4.57 Å². The van der Waals surface area contributed by atoms with Gasteiger partial charge in [0.2, 0.25) is 0 Å². The summed E-state index contributed by atoms with van der Waals surface area (Å²) in [6.45, 7) is 5.80. The first kappa shape index (κ1) is 23.2. The fraction of sp³-hybridized carbons (Fsp3) is 0.296. The number of anilines is 1. The van der Waals surface area contributed by atoms with E-state index in [9.17, 15) is 14.0 Å². The van der Waals surface area contributed by atoms with Gasteiger partial charge in [-0.2, -0.15) is 0 Å². The number of aromatic nitrogens is 1. The largest absolute Gasteiger partial charge is 0.463 e. The van der Waals surface area contributed by atoms with Crippen LogP contribution in [0.15, 0.2) is 69.6 Å². The van der Waals surface area contributed by atoms with Gasteiger partial charge in [0.25, 0.3) is 5.56 Å². The molecule has 180 valence electrons. The molecule has 2 aliphatic heterocycles. The fourth-order valence-electron chi connectivity index (χ4n) is 4.66. The Hall–Kier alpha value is -3.52. The van der Waals surface area contributed by atoms with E-state index in [1.807, 2.05) is 18.2 Å². The lowest BCUT2D eigenvalue weighted by atomic mass is 9.96. The van der Waals surface area contributed by atoms with E-state index in [-0.39, 0.29) is 17.7 Å². The zero-order valence-corrected chi connectivity index (χ0v) is 20.5. The van der Waals surface area contributed by atoms with E-state index in [1.165, 1.54) is 46.6 Å². The molecule has 0 bridgehead atoms. The first-order chi connectivity index (χ1) is 17.0. The summed E-state index contributed by atoms with van der Waals surface area (Å²) in [7, 11) is 0. The van der Waals surface area contributed by atoms with Gasteiger partial charge in [-0.1, -0.05) is 35.6 Å². The lowest BCUT2D eigenvalue weighted by Crippen LogP contribution is -2.39. The highest BCUT2D eigenvalue weighted by Gasteiger charge is 2.33.